The monoisotopic (exact) mass is 393 g/mol. The number of nitro benzene ring substituents is 1. The Morgan fingerprint density at radius 1 is 1.14 bits per heavy atom. The highest BCUT2D eigenvalue weighted by Crippen LogP contribution is 2.27. The first kappa shape index (κ1) is 19.8. The van der Waals surface area contributed by atoms with E-state index in [9.17, 15) is 14.9 Å². The quantitative estimate of drug-likeness (QED) is 0.152. The molecule has 0 spiro atoms. The third kappa shape index (κ3) is 4.66. The van der Waals surface area contributed by atoms with Crippen LogP contribution in [0.25, 0.3) is 5.57 Å². The van der Waals surface area contributed by atoms with Gasteiger partial charge in [0.05, 0.1) is 16.5 Å². The standard InChI is InChI=1S/C20H20N6O3/c21-19(24-25-22)17-10-9-14(13-5-2-1-3-6-13)12-18(17)23-20(27)15-7-4-8-16(11-15)26(28)29/h1-11,18,25H,12,22H2,(H2,21,24)(H,23,27)/p+1. The Hall–Kier alpha value is -3.98. The fourth-order valence-electron chi connectivity index (χ4n) is 3.13. The van der Waals surface area contributed by atoms with Crippen molar-refractivity contribution in [2.75, 3.05) is 0 Å². The molecule has 1 aliphatic rings. The van der Waals surface area contributed by atoms with Crippen molar-refractivity contribution in [2.45, 2.75) is 12.5 Å². The second-order valence-corrected chi connectivity index (χ2v) is 6.40. The molecule has 29 heavy (non-hydrogen) atoms. The zero-order valence-electron chi connectivity index (χ0n) is 15.5. The molecule has 7 N–H and O–H groups in total. The van der Waals surface area contributed by atoms with Crippen molar-refractivity contribution in [2.24, 2.45) is 11.6 Å². The number of benzene rings is 2. The van der Waals surface area contributed by atoms with Crippen LogP contribution < -0.4 is 27.5 Å². The molecule has 1 unspecified atom stereocenters. The molecule has 1 amide bonds. The van der Waals surface area contributed by atoms with Gasteiger partial charge in [0.15, 0.2) is 0 Å². The zero-order valence-corrected chi connectivity index (χ0v) is 15.5. The summed E-state index contributed by atoms with van der Waals surface area (Å²) in [5, 5.41) is 16.5. The van der Waals surface area contributed by atoms with E-state index in [0.29, 0.717) is 12.0 Å². The molecular weight excluding hydrogens is 372 g/mol. The van der Waals surface area contributed by atoms with Crippen LogP contribution in [0.4, 0.5) is 5.69 Å². The first-order valence-corrected chi connectivity index (χ1v) is 8.85. The van der Waals surface area contributed by atoms with Gasteiger partial charge in [-0.15, -0.1) is 0 Å². The maximum Gasteiger partial charge on any atom is 0.294 e. The van der Waals surface area contributed by atoms with E-state index in [1.807, 2.05) is 42.5 Å². The van der Waals surface area contributed by atoms with Crippen molar-refractivity contribution in [1.82, 2.24) is 10.9 Å². The van der Waals surface area contributed by atoms with Gasteiger partial charge in [0.1, 0.15) is 0 Å². The molecular formula is C20H21N6O3+. The SMILES string of the molecule is NN/[NH+]=C(\N)C1=CC=C(c2ccccc2)CC1NC(=O)c1cccc([N+](=O)[O-])c1. The van der Waals surface area contributed by atoms with Crippen molar-refractivity contribution < 1.29 is 14.8 Å². The fourth-order valence-corrected chi connectivity index (χ4v) is 3.13. The van der Waals surface area contributed by atoms with Crippen LogP contribution in [0.15, 0.2) is 72.3 Å². The maximum absolute atomic E-state index is 12.8. The molecule has 0 aliphatic heterocycles. The van der Waals surface area contributed by atoms with Crippen LogP contribution in [-0.4, -0.2) is 22.7 Å². The van der Waals surface area contributed by atoms with Crippen LogP contribution in [-0.2, 0) is 0 Å². The molecule has 0 saturated heterocycles. The summed E-state index contributed by atoms with van der Waals surface area (Å²) in [7, 11) is 0. The minimum Gasteiger partial charge on any atom is -0.345 e. The summed E-state index contributed by atoms with van der Waals surface area (Å²) in [6.45, 7) is 0. The number of rotatable bonds is 6. The van der Waals surface area contributed by atoms with Crippen LogP contribution in [0, 0.1) is 10.1 Å². The average molecular weight is 393 g/mol. The summed E-state index contributed by atoms with van der Waals surface area (Å²) in [5.74, 6) is 5.11. The number of amidine groups is 1. The molecule has 9 nitrogen and oxygen atoms in total. The van der Waals surface area contributed by atoms with Gasteiger partial charge in [-0.3, -0.25) is 20.6 Å². The van der Waals surface area contributed by atoms with E-state index in [2.05, 4.69) is 16.0 Å². The Labute approximate surface area is 166 Å². The number of hydrazine groups is 2. The summed E-state index contributed by atoms with van der Waals surface area (Å²) >= 11 is 0. The Morgan fingerprint density at radius 3 is 2.59 bits per heavy atom. The average Bonchev–Trinajstić information content (AvgIpc) is 2.74. The molecule has 0 saturated carbocycles. The lowest BCUT2D eigenvalue weighted by molar-refractivity contribution is -0.528. The van der Waals surface area contributed by atoms with Crippen LogP contribution >= 0.6 is 0 Å². The largest absolute Gasteiger partial charge is 0.345 e. The van der Waals surface area contributed by atoms with Crippen molar-refractivity contribution >= 4 is 23.0 Å². The molecule has 3 rings (SSSR count). The van der Waals surface area contributed by atoms with Crippen molar-refractivity contribution in [3.8, 4) is 0 Å². The van der Waals surface area contributed by atoms with Crippen molar-refractivity contribution in [3.63, 3.8) is 0 Å². The predicted molar refractivity (Wildman–Crippen MR) is 109 cm³/mol. The number of nitrogens with one attached hydrogen (secondary N) is 3. The molecule has 0 radical (unpaired) electrons. The topological polar surface area (TPSA) is 150 Å². The zero-order chi connectivity index (χ0) is 20.8. The fraction of sp³-hybridized carbons (Fsp3) is 0.100. The highest BCUT2D eigenvalue weighted by Gasteiger charge is 2.27. The lowest BCUT2D eigenvalue weighted by Gasteiger charge is -2.24. The number of hydrazone groups is 1. The molecule has 2 aromatic carbocycles. The van der Waals surface area contributed by atoms with Crippen molar-refractivity contribution in [1.29, 1.82) is 0 Å². The van der Waals surface area contributed by atoms with E-state index in [0.717, 1.165) is 11.1 Å². The number of amides is 1. The van der Waals surface area contributed by atoms with Gasteiger partial charge in [0.2, 0.25) is 0 Å². The molecule has 1 atom stereocenters. The van der Waals surface area contributed by atoms with Gasteiger partial charge in [-0.05, 0) is 29.7 Å². The summed E-state index contributed by atoms with van der Waals surface area (Å²) in [4.78, 5) is 23.2. The number of non-ortho nitro benzene ring substituents is 1. The number of hydrogen-bond acceptors (Lipinski definition) is 5. The van der Waals surface area contributed by atoms with Gasteiger partial charge in [-0.2, -0.15) is 10.6 Å². The summed E-state index contributed by atoms with van der Waals surface area (Å²) in [6.07, 6.45) is 4.24. The second-order valence-electron chi connectivity index (χ2n) is 6.40. The van der Waals surface area contributed by atoms with Gasteiger partial charge in [-0.25, -0.2) is 5.84 Å². The van der Waals surface area contributed by atoms with Crippen LogP contribution in [0.5, 0.6) is 0 Å². The van der Waals surface area contributed by atoms with Crippen LogP contribution in [0.3, 0.4) is 0 Å². The van der Waals surface area contributed by atoms with E-state index in [-0.39, 0.29) is 17.1 Å². The summed E-state index contributed by atoms with van der Waals surface area (Å²) in [6, 6.07) is 14.9. The molecule has 148 valence electrons. The molecule has 9 heteroatoms. The minimum atomic E-state index is -0.540. The highest BCUT2D eigenvalue weighted by molar-refractivity contribution is 5.99. The van der Waals surface area contributed by atoms with Gasteiger partial charge < -0.3 is 5.32 Å². The second kappa shape index (κ2) is 8.81. The first-order chi connectivity index (χ1) is 14.0. The van der Waals surface area contributed by atoms with Crippen LogP contribution in [0.2, 0.25) is 0 Å². The number of nitrogens with two attached hydrogens (primary N) is 2. The van der Waals surface area contributed by atoms with E-state index in [1.54, 1.807) is 0 Å². The first-order valence-electron chi connectivity index (χ1n) is 8.85. The maximum atomic E-state index is 12.8. The molecule has 0 fully saturated rings. The molecule has 0 bridgehead atoms. The Kier molecular flexibility index (Phi) is 6.00. The number of nitro groups is 1. The van der Waals surface area contributed by atoms with Crippen molar-refractivity contribution in [3.05, 3.63) is 93.6 Å². The van der Waals surface area contributed by atoms with Gasteiger partial charge in [-0.1, -0.05) is 42.5 Å². The Balaban J connectivity index is 1.89. The smallest absolute Gasteiger partial charge is 0.294 e. The number of carbonyl (C=O) groups excluding carboxylic acids is 1. The van der Waals surface area contributed by atoms with Gasteiger partial charge in [0.25, 0.3) is 17.4 Å². The number of hydrogen-bond donors (Lipinski definition) is 5. The number of allylic oxidation sites excluding steroid dienone is 2. The molecule has 2 aromatic rings. The lowest BCUT2D eigenvalue weighted by Crippen LogP contribution is -2.87. The third-order valence-corrected chi connectivity index (χ3v) is 4.55. The Bertz CT molecular complexity index is 1010. The molecule has 1 aliphatic carbocycles. The highest BCUT2D eigenvalue weighted by atomic mass is 16.6. The normalized spacial score (nSPS) is 16.4. The lowest BCUT2D eigenvalue weighted by atomic mass is 9.88. The van der Waals surface area contributed by atoms with Crippen LogP contribution in [0.1, 0.15) is 22.3 Å². The molecule has 0 heterocycles. The van der Waals surface area contributed by atoms with E-state index in [4.69, 9.17) is 11.6 Å². The summed E-state index contributed by atoms with van der Waals surface area (Å²) in [5.41, 5.74) is 11.0. The summed E-state index contributed by atoms with van der Waals surface area (Å²) < 4.78 is 0. The predicted octanol–water partition coefficient (Wildman–Crippen LogP) is -0.0770. The Morgan fingerprint density at radius 2 is 1.90 bits per heavy atom. The van der Waals surface area contributed by atoms with E-state index in [1.165, 1.54) is 24.3 Å². The van der Waals surface area contributed by atoms with E-state index >= 15 is 0 Å². The molecule has 0 aromatic heterocycles. The van der Waals surface area contributed by atoms with Gasteiger partial charge >= 0.3 is 0 Å². The third-order valence-electron chi connectivity index (χ3n) is 4.55. The minimum absolute atomic E-state index is 0.151. The number of nitrogens with zero attached hydrogens (tertiary/aromatic N) is 1. The number of carbonyl (C=O) groups is 1. The van der Waals surface area contributed by atoms with E-state index < -0.39 is 16.9 Å². The van der Waals surface area contributed by atoms with Gasteiger partial charge in [0, 0.05) is 17.7 Å².